The lowest BCUT2D eigenvalue weighted by Gasteiger charge is -2.13. The number of benzene rings is 8. The van der Waals surface area contributed by atoms with Gasteiger partial charge in [0.1, 0.15) is 11.2 Å². The first-order chi connectivity index (χ1) is 45.6. The van der Waals surface area contributed by atoms with Crippen LogP contribution in [-0.2, 0) is 0 Å². The van der Waals surface area contributed by atoms with E-state index in [4.69, 9.17) is 23.8 Å². The molecular weight excluding hydrogens is 1130 g/mol. The molecule has 0 radical (unpaired) electrons. The van der Waals surface area contributed by atoms with Gasteiger partial charge in [-0.25, -0.2) is 15.0 Å². The third kappa shape index (κ3) is 9.70. The summed E-state index contributed by atoms with van der Waals surface area (Å²) in [6, 6.07) is 86.3. The van der Waals surface area contributed by atoms with E-state index < -0.39 is 0 Å². The summed E-state index contributed by atoms with van der Waals surface area (Å²) in [6.07, 6.45) is 18.0. The molecule has 432 valence electrons. The van der Waals surface area contributed by atoms with E-state index >= 15 is 0 Å². The summed E-state index contributed by atoms with van der Waals surface area (Å²) in [7, 11) is 0. The van der Waals surface area contributed by atoms with Gasteiger partial charge >= 0.3 is 0 Å². The van der Waals surface area contributed by atoms with Crippen molar-refractivity contribution in [2.75, 3.05) is 0 Å². The zero-order valence-corrected chi connectivity index (χ0v) is 49.3. The van der Waals surface area contributed by atoms with Gasteiger partial charge in [0.25, 0.3) is 0 Å². The Bertz CT molecular complexity index is 5390. The Kier molecular flexibility index (Phi) is 13.2. The maximum atomic E-state index is 5.99. The Labute approximate surface area is 527 Å². The summed E-state index contributed by atoms with van der Waals surface area (Å²) in [5.41, 5.74) is 23.6. The Hall–Kier alpha value is -12.7. The fraction of sp³-hybridized carbons (Fsp3) is 0. The van der Waals surface area contributed by atoms with E-state index in [1.807, 2.05) is 104 Å². The summed E-state index contributed by atoms with van der Waals surface area (Å²) in [6.45, 7) is 0. The molecule has 11 nitrogen and oxygen atoms in total. The van der Waals surface area contributed by atoms with Crippen molar-refractivity contribution in [3.05, 3.63) is 311 Å². The maximum Gasteiger partial charge on any atom is 0.160 e. The van der Waals surface area contributed by atoms with Gasteiger partial charge < -0.3 is 18.0 Å². The molecular formula is C81H51N9O2. The Balaban J connectivity index is 0.000000141. The average molecular weight is 1180 g/mol. The molecule has 92 heavy (non-hydrogen) atoms. The van der Waals surface area contributed by atoms with Gasteiger partial charge in [-0.1, -0.05) is 109 Å². The number of hydrogen-bond acceptors (Lipinski definition) is 9. The van der Waals surface area contributed by atoms with E-state index in [9.17, 15) is 0 Å². The summed E-state index contributed by atoms with van der Waals surface area (Å²) in [5.74, 6) is 0.651. The third-order valence-electron chi connectivity index (χ3n) is 17.2. The van der Waals surface area contributed by atoms with Crippen molar-refractivity contribution in [3.63, 3.8) is 0 Å². The van der Waals surface area contributed by atoms with Crippen LogP contribution < -0.4 is 0 Å². The van der Waals surface area contributed by atoms with Crippen molar-refractivity contribution in [2.24, 2.45) is 0 Å². The Morgan fingerprint density at radius 3 is 1.12 bits per heavy atom. The first-order valence-electron chi connectivity index (χ1n) is 30.3. The van der Waals surface area contributed by atoms with Crippen molar-refractivity contribution in [1.82, 2.24) is 44.0 Å². The van der Waals surface area contributed by atoms with E-state index in [1.54, 1.807) is 24.9 Å². The van der Waals surface area contributed by atoms with Crippen LogP contribution >= 0.6 is 0 Å². The molecule has 0 aliphatic heterocycles. The standard InChI is InChI=1S/C41H26N4O.C40H25N5O/c1-2-7-38-35(6-1)40-39(13-12-31-18-23-46-41(31)40)45(38)34-5-3-4-32(24-34)37-26-33(25-36(44-37)30-16-21-43-22-17-30)28-10-8-27(9-11-28)29-14-19-42-20-15-29;1-2-7-36-33(6-1)38-37(13-12-30-18-23-46-39(30)38)45(36)32-5-3-4-31(24-32)40-43-34(25-35(44-40)29-16-21-42-22-17-29)28-10-8-26(9-11-28)27-14-19-41-20-15-27/h1-26H;1-25H. The van der Waals surface area contributed by atoms with Crippen LogP contribution in [0.15, 0.2) is 320 Å². The van der Waals surface area contributed by atoms with Gasteiger partial charge in [0.2, 0.25) is 0 Å². The van der Waals surface area contributed by atoms with Gasteiger partial charge in [-0.15, -0.1) is 0 Å². The molecule has 0 spiro atoms. The zero-order valence-electron chi connectivity index (χ0n) is 49.3. The Morgan fingerprint density at radius 2 is 0.630 bits per heavy atom. The lowest BCUT2D eigenvalue weighted by molar-refractivity contribution is 0.619. The van der Waals surface area contributed by atoms with Gasteiger partial charge in [0, 0.05) is 110 Å². The van der Waals surface area contributed by atoms with Gasteiger partial charge in [0.05, 0.1) is 68.1 Å². The number of hydrogen-bond donors (Lipinski definition) is 0. The van der Waals surface area contributed by atoms with E-state index in [-0.39, 0.29) is 0 Å². The highest BCUT2D eigenvalue weighted by Gasteiger charge is 2.20. The van der Waals surface area contributed by atoms with E-state index in [0.717, 1.165) is 156 Å². The van der Waals surface area contributed by atoms with Crippen LogP contribution in [0.2, 0.25) is 0 Å². The summed E-state index contributed by atoms with van der Waals surface area (Å²) >= 11 is 0. The van der Waals surface area contributed by atoms with Crippen molar-refractivity contribution in [3.8, 4) is 101 Å². The fourth-order valence-corrected chi connectivity index (χ4v) is 12.8. The first-order valence-corrected chi connectivity index (χ1v) is 30.3. The highest BCUT2D eigenvalue weighted by atomic mass is 16.3. The zero-order chi connectivity index (χ0) is 60.9. The molecule has 0 amide bonds. The number of pyridine rings is 5. The molecule has 8 aromatic carbocycles. The molecule has 0 unspecified atom stereocenters. The fourth-order valence-electron chi connectivity index (χ4n) is 12.8. The highest BCUT2D eigenvalue weighted by Crippen LogP contribution is 2.41. The minimum atomic E-state index is 0.651. The summed E-state index contributed by atoms with van der Waals surface area (Å²) < 4.78 is 16.6. The molecule has 0 saturated carbocycles. The molecule has 0 atom stereocenters. The van der Waals surface area contributed by atoms with Crippen molar-refractivity contribution >= 4 is 65.6 Å². The number of fused-ring (bicyclic) bond motifs is 10. The maximum absolute atomic E-state index is 5.99. The molecule has 0 N–H and O–H groups in total. The predicted molar refractivity (Wildman–Crippen MR) is 369 cm³/mol. The number of rotatable bonds is 10. The predicted octanol–water partition coefficient (Wildman–Crippen LogP) is 20.2. The van der Waals surface area contributed by atoms with Gasteiger partial charge in [-0.05, 0) is 173 Å². The quantitative estimate of drug-likeness (QED) is 0.132. The number of para-hydroxylation sites is 2. The first kappa shape index (κ1) is 53.5. The molecule has 10 aromatic heterocycles. The second-order valence-corrected chi connectivity index (χ2v) is 22.6. The molecule has 10 heterocycles. The highest BCUT2D eigenvalue weighted by molar-refractivity contribution is 6.20. The SMILES string of the molecule is c1cc(-c2cc(-c3ccc(-c4ccncc4)cc3)cc(-c3ccncc3)n2)cc(-n2c3ccccc3c3c4occc4ccc32)c1.c1cc(-c2nc(-c3ccncc3)cc(-c3ccc(-c4ccncc4)cc3)n2)cc(-n2c3ccccc3c3c4occc4ccc32)c1. The van der Waals surface area contributed by atoms with E-state index in [0.29, 0.717) is 5.82 Å². The molecule has 0 aliphatic rings. The molecule has 0 fully saturated rings. The van der Waals surface area contributed by atoms with E-state index in [2.05, 4.69) is 211 Å². The number of furan rings is 2. The van der Waals surface area contributed by atoms with Gasteiger partial charge in [0.15, 0.2) is 5.82 Å². The van der Waals surface area contributed by atoms with E-state index in [1.165, 1.54) is 5.39 Å². The summed E-state index contributed by atoms with van der Waals surface area (Å²) in [5, 5.41) is 6.74. The van der Waals surface area contributed by atoms with Crippen molar-refractivity contribution in [2.45, 2.75) is 0 Å². The topological polar surface area (TPSA) is 126 Å². The van der Waals surface area contributed by atoms with Gasteiger partial charge in [-0.3, -0.25) is 19.9 Å². The molecule has 11 heteroatoms. The molecule has 18 rings (SSSR count). The largest absolute Gasteiger partial charge is 0.464 e. The van der Waals surface area contributed by atoms with Crippen LogP contribution in [0.25, 0.3) is 167 Å². The smallest absolute Gasteiger partial charge is 0.160 e. The summed E-state index contributed by atoms with van der Waals surface area (Å²) in [4.78, 5) is 32.1. The second-order valence-electron chi connectivity index (χ2n) is 22.6. The molecule has 18 aromatic rings. The monoisotopic (exact) mass is 1180 g/mol. The lowest BCUT2D eigenvalue weighted by Crippen LogP contribution is -1.98. The molecule has 0 aliphatic carbocycles. The second kappa shape index (κ2) is 22.8. The van der Waals surface area contributed by atoms with Crippen LogP contribution in [0.1, 0.15) is 0 Å². The average Bonchev–Trinajstić information content (AvgIpc) is 1.63. The number of nitrogens with zero attached hydrogens (tertiary/aromatic N) is 9. The minimum absolute atomic E-state index is 0.651. The number of aromatic nitrogens is 9. The minimum Gasteiger partial charge on any atom is -0.464 e. The lowest BCUT2D eigenvalue weighted by atomic mass is 9.98. The molecule has 0 saturated heterocycles. The van der Waals surface area contributed by atoms with Crippen LogP contribution in [0.3, 0.4) is 0 Å². The van der Waals surface area contributed by atoms with Crippen molar-refractivity contribution < 1.29 is 8.83 Å². The third-order valence-corrected chi connectivity index (χ3v) is 17.2. The van der Waals surface area contributed by atoms with Crippen LogP contribution in [0.5, 0.6) is 0 Å². The molecule has 0 bridgehead atoms. The van der Waals surface area contributed by atoms with Crippen LogP contribution in [-0.4, -0.2) is 44.0 Å². The van der Waals surface area contributed by atoms with Crippen molar-refractivity contribution in [1.29, 1.82) is 0 Å². The Morgan fingerprint density at radius 1 is 0.250 bits per heavy atom. The van der Waals surface area contributed by atoms with Gasteiger partial charge in [-0.2, -0.15) is 0 Å². The normalized spacial score (nSPS) is 11.5. The van der Waals surface area contributed by atoms with Crippen LogP contribution in [0.4, 0.5) is 0 Å². The van der Waals surface area contributed by atoms with Crippen LogP contribution in [0, 0.1) is 0 Å².